The predicted octanol–water partition coefficient (Wildman–Crippen LogP) is 0.827. The number of furan rings is 1. The Balaban J connectivity index is 1.83. The molecular weight excluding hydrogens is 164 g/mol. The molecule has 0 aliphatic carbocycles. The molecule has 2 heterocycles. The first-order chi connectivity index (χ1) is 6.34. The quantitative estimate of drug-likeness (QED) is 0.670. The van der Waals surface area contributed by atoms with E-state index in [1.54, 1.807) is 0 Å². The van der Waals surface area contributed by atoms with Crippen molar-refractivity contribution in [3.63, 3.8) is 0 Å². The molecule has 3 nitrogen and oxygen atoms in total. The first-order valence-corrected chi connectivity index (χ1v) is 4.70. The molecule has 0 aromatic carbocycles. The van der Waals surface area contributed by atoms with Gasteiger partial charge in [-0.25, -0.2) is 0 Å². The van der Waals surface area contributed by atoms with Crippen LogP contribution < -0.4 is 0 Å². The predicted molar refractivity (Wildman–Crippen MR) is 50.3 cm³/mol. The Morgan fingerprint density at radius 1 is 1.38 bits per heavy atom. The zero-order valence-corrected chi connectivity index (χ0v) is 7.99. The Labute approximate surface area is 78.9 Å². The molecule has 0 saturated carbocycles. The lowest BCUT2D eigenvalue weighted by atomic mass is 10.3. The minimum absolute atomic E-state index is 0.928. The second-order valence-electron chi connectivity index (χ2n) is 3.60. The van der Waals surface area contributed by atoms with Gasteiger partial charge in [-0.05, 0) is 19.2 Å². The molecule has 1 radical (unpaired) electrons. The van der Waals surface area contributed by atoms with Crippen molar-refractivity contribution in [2.45, 2.75) is 6.54 Å². The topological polar surface area (TPSA) is 19.6 Å². The second kappa shape index (κ2) is 3.94. The molecule has 0 N–H and O–H groups in total. The van der Waals surface area contributed by atoms with Crippen molar-refractivity contribution in [1.29, 1.82) is 0 Å². The summed E-state index contributed by atoms with van der Waals surface area (Å²) < 4.78 is 5.18. The lowest BCUT2D eigenvalue weighted by Crippen LogP contribution is -2.43. The van der Waals surface area contributed by atoms with Gasteiger partial charge >= 0.3 is 0 Å². The largest absolute Gasteiger partial charge is 0.456 e. The highest BCUT2D eigenvalue weighted by atomic mass is 16.3. The molecule has 0 bridgehead atoms. The number of hydrogen-bond donors (Lipinski definition) is 0. The summed E-state index contributed by atoms with van der Waals surface area (Å²) in [4.78, 5) is 4.76. The van der Waals surface area contributed by atoms with E-state index in [1.807, 2.05) is 12.1 Å². The summed E-state index contributed by atoms with van der Waals surface area (Å²) >= 11 is 0. The molecule has 1 aromatic heterocycles. The van der Waals surface area contributed by atoms with Gasteiger partial charge in [-0.15, -0.1) is 0 Å². The van der Waals surface area contributed by atoms with Gasteiger partial charge in [-0.1, -0.05) is 0 Å². The van der Waals surface area contributed by atoms with E-state index in [4.69, 9.17) is 4.42 Å². The van der Waals surface area contributed by atoms with E-state index in [9.17, 15) is 0 Å². The third kappa shape index (κ3) is 2.32. The van der Waals surface area contributed by atoms with Gasteiger partial charge < -0.3 is 9.32 Å². The summed E-state index contributed by atoms with van der Waals surface area (Å²) in [5, 5.41) is 0. The summed E-state index contributed by atoms with van der Waals surface area (Å²) in [6.07, 6.45) is 2.72. The lowest BCUT2D eigenvalue weighted by Gasteiger charge is -2.31. The standard InChI is InChI=1S/C10H15N2O/c1-11-4-6-12(7-5-11)9-10-3-2-8-13-10/h2-3H,4-7,9H2,1H3. The van der Waals surface area contributed by atoms with Gasteiger partial charge in [0.1, 0.15) is 5.76 Å². The highest BCUT2D eigenvalue weighted by Gasteiger charge is 2.14. The molecule has 1 saturated heterocycles. The summed E-state index contributed by atoms with van der Waals surface area (Å²) in [6.45, 7) is 5.51. The average molecular weight is 179 g/mol. The van der Waals surface area contributed by atoms with Gasteiger partial charge in [0.05, 0.1) is 6.54 Å². The zero-order chi connectivity index (χ0) is 9.10. The lowest BCUT2D eigenvalue weighted by molar-refractivity contribution is 0.140. The van der Waals surface area contributed by atoms with Crippen LogP contribution >= 0.6 is 0 Å². The molecule has 1 fully saturated rings. The SMILES string of the molecule is CN1CCN(Cc2cc[c]o2)CC1. The Morgan fingerprint density at radius 2 is 2.15 bits per heavy atom. The Kier molecular flexibility index (Phi) is 2.66. The maximum absolute atomic E-state index is 5.18. The Morgan fingerprint density at radius 3 is 2.77 bits per heavy atom. The fraction of sp³-hybridized carbons (Fsp3) is 0.600. The molecule has 0 spiro atoms. The van der Waals surface area contributed by atoms with Crippen molar-refractivity contribution in [2.24, 2.45) is 0 Å². The first kappa shape index (κ1) is 8.78. The highest BCUT2D eigenvalue weighted by Crippen LogP contribution is 2.07. The minimum atomic E-state index is 0.928. The van der Waals surface area contributed by atoms with Gasteiger partial charge in [0.15, 0.2) is 6.26 Å². The van der Waals surface area contributed by atoms with Gasteiger partial charge in [-0.3, -0.25) is 4.90 Å². The van der Waals surface area contributed by atoms with Crippen LogP contribution in [0.2, 0.25) is 0 Å². The van der Waals surface area contributed by atoms with Crippen LogP contribution in [0.25, 0.3) is 0 Å². The molecule has 13 heavy (non-hydrogen) atoms. The fourth-order valence-corrected chi connectivity index (χ4v) is 1.58. The normalized spacial score (nSPS) is 20.7. The van der Waals surface area contributed by atoms with Crippen molar-refractivity contribution in [1.82, 2.24) is 9.80 Å². The van der Waals surface area contributed by atoms with E-state index in [1.165, 1.54) is 0 Å². The fourth-order valence-electron chi connectivity index (χ4n) is 1.58. The van der Waals surface area contributed by atoms with Crippen LogP contribution in [0.1, 0.15) is 5.76 Å². The van der Waals surface area contributed by atoms with Crippen LogP contribution in [0.5, 0.6) is 0 Å². The van der Waals surface area contributed by atoms with E-state index in [0.717, 1.165) is 38.5 Å². The van der Waals surface area contributed by atoms with Crippen molar-refractivity contribution in [3.8, 4) is 0 Å². The van der Waals surface area contributed by atoms with Crippen LogP contribution in [-0.2, 0) is 6.54 Å². The van der Waals surface area contributed by atoms with E-state index in [2.05, 4.69) is 23.1 Å². The highest BCUT2D eigenvalue weighted by molar-refractivity contribution is 4.97. The zero-order valence-electron chi connectivity index (χ0n) is 7.99. The van der Waals surface area contributed by atoms with Crippen LogP contribution in [0.15, 0.2) is 16.5 Å². The molecule has 1 aliphatic rings. The molecule has 2 rings (SSSR count). The van der Waals surface area contributed by atoms with E-state index >= 15 is 0 Å². The molecule has 3 heteroatoms. The van der Waals surface area contributed by atoms with Crippen LogP contribution in [0, 0.1) is 6.26 Å². The minimum Gasteiger partial charge on any atom is -0.456 e. The molecule has 0 amide bonds. The van der Waals surface area contributed by atoms with Gasteiger partial charge in [-0.2, -0.15) is 0 Å². The van der Waals surface area contributed by atoms with Crippen LogP contribution in [-0.4, -0.2) is 43.0 Å². The number of nitrogens with zero attached hydrogens (tertiary/aromatic N) is 2. The second-order valence-corrected chi connectivity index (χ2v) is 3.60. The number of likely N-dealkylation sites (N-methyl/N-ethyl adjacent to an activating group) is 1. The molecular formula is C10H15N2O. The van der Waals surface area contributed by atoms with Gasteiger partial charge in [0, 0.05) is 26.2 Å². The monoisotopic (exact) mass is 179 g/mol. The van der Waals surface area contributed by atoms with Crippen molar-refractivity contribution in [3.05, 3.63) is 24.2 Å². The van der Waals surface area contributed by atoms with Crippen LogP contribution in [0.3, 0.4) is 0 Å². The van der Waals surface area contributed by atoms with Crippen molar-refractivity contribution >= 4 is 0 Å². The van der Waals surface area contributed by atoms with Crippen LogP contribution in [0.4, 0.5) is 0 Å². The van der Waals surface area contributed by atoms with E-state index in [0.29, 0.717) is 0 Å². The summed E-state index contributed by atoms with van der Waals surface area (Å²) in [7, 11) is 2.16. The average Bonchev–Trinajstić information content (AvgIpc) is 2.62. The van der Waals surface area contributed by atoms with Gasteiger partial charge in [0.25, 0.3) is 0 Å². The maximum Gasteiger partial charge on any atom is 0.169 e. The third-order valence-corrected chi connectivity index (χ3v) is 2.50. The molecule has 0 atom stereocenters. The Bertz CT molecular complexity index is 237. The van der Waals surface area contributed by atoms with Crippen molar-refractivity contribution < 1.29 is 4.42 Å². The van der Waals surface area contributed by atoms with E-state index in [-0.39, 0.29) is 0 Å². The number of hydrogen-bond acceptors (Lipinski definition) is 3. The number of piperazine rings is 1. The van der Waals surface area contributed by atoms with Crippen molar-refractivity contribution in [2.75, 3.05) is 33.2 Å². The summed E-state index contributed by atoms with van der Waals surface area (Å²) in [5.74, 6) is 1.02. The smallest absolute Gasteiger partial charge is 0.169 e. The summed E-state index contributed by atoms with van der Waals surface area (Å²) in [5.41, 5.74) is 0. The maximum atomic E-state index is 5.18. The molecule has 0 unspecified atom stereocenters. The molecule has 1 aromatic rings. The molecule has 71 valence electrons. The molecule has 1 aliphatic heterocycles. The Hall–Kier alpha value is -0.800. The third-order valence-electron chi connectivity index (χ3n) is 2.50. The van der Waals surface area contributed by atoms with Gasteiger partial charge in [0.2, 0.25) is 0 Å². The number of rotatable bonds is 2. The summed E-state index contributed by atoms with van der Waals surface area (Å²) in [6, 6.07) is 3.81. The van der Waals surface area contributed by atoms with E-state index < -0.39 is 0 Å². The first-order valence-electron chi connectivity index (χ1n) is 4.70.